The zero-order valence-corrected chi connectivity index (χ0v) is 16.4. The van der Waals surface area contributed by atoms with Crippen LogP contribution >= 0.6 is 0 Å². The van der Waals surface area contributed by atoms with E-state index in [0.29, 0.717) is 22.4 Å². The van der Waals surface area contributed by atoms with Crippen LogP contribution in [0, 0.1) is 13.8 Å². The number of allylic oxidation sites excluding steroid dienone is 1. The molecule has 1 aliphatic rings. The lowest BCUT2D eigenvalue weighted by Crippen LogP contribution is -2.09. The Labute approximate surface area is 168 Å². The Hall–Kier alpha value is -3.73. The van der Waals surface area contributed by atoms with E-state index in [0.717, 1.165) is 17.0 Å². The Bertz CT molecular complexity index is 1180. The molecule has 0 saturated carbocycles. The summed E-state index contributed by atoms with van der Waals surface area (Å²) in [5.74, 6) is -0.944. The van der Waals surface area contributed by atoms with Crippen molar-refractivity contribution in [2.24, 2.45) is 0 Å². The molecular formula is C24H19NO4. The van der Waals surface area contributed by atoms with Crippen LogP contribution in [0.2, 0.25) is 0 Å². The van der Waals surface area contributed by atoms with Crippen molar-refractivity contribution in [3.05, 3.63) is 93.8 Å². The molecule has 0 bridgehead atoms. The summed E-state index contributed by atoms with van der Waals surface area (Å²) in [7, 11) is 1.35. The van der Waals surface area contributed by atoms with E-state index in [9.17, 15) is 14.4 Å². The number of carbonyl (C=O) groups is 3. The number of benzene rings is 2. The molecule has 0 amide bonds. The largest absolute Gasteiger partial charge is 0.465 e. The van der Waals surface area contributed by atoms with Gasteiger partial charge in [-0.15, -0.1) is 0 Å². The van der Waals surface area contributed by atoms with Crippen molar-refractivity contribution < 1.29 is 19.1 Å². The first-order valence-corrected chi connectivity index (χ1v) is 9.20. The van der Waals surface area contributed by atoms with Gasteiger partial charge in [0.2, 0.25) is 0 Å². The molecule has 0 N–H and O–H groups in total. The van der Waals surface area contributed by atoms with E-state index in [1.165, 1.54) is 7.11 Å². The van der Waals surface area contributed by atoms with Gasteiger partial charge in [0.15, 0.2) is 11.6 Å². The number of ether oxygens (including phenoxy) is 1. The molecule has 0 saturated heterocycles. The zero-order valence-electron chi connectivity index (χ0n) is 16.4. The Morgan fingerprint density at radius 2 is 1.52 bits per heavy atom. The van der Waals surface area contributed by atoms with Crippen molar-refractivity contribution in [3.8, 4) is 5.69 Å². The first kappa shape index (κ1) is 18.6. The van der Waals surface area contributed by atoms with Gasteiger partial charge in [0.05, 0.1) is 23.9 Å². The minimum atomic E-state index is -0.426. The molecule has 1 aliphatic carbocycles. The molecule has 29 heavy (non-hydrogen) atoms. The second-order valence-electron chi connectivity index (χ2n) is 6.93. The van der Waals surface area contributed by atoms with E-state index in [1.807, 2.05) is 36.6 Å². The number of esters is 1. The van der Waals surface area contributed by atoms with E-state index < -0.39 is 5.97 Å². The normalized spacial score (nSPS) is 12.9. The van der Waals surface area contributed by atoms with Gasteiger partial charge < -0.3 is 9.30 Å². The van der Waals surface area contributed by atoms with Crippen LogP contribution in [0.25, 0.3) is 11.8 Å². The Kier molecular flexibility index (Phi) is 4.51. The molecule has 0 unspecified atom stereocenters. The number of nitrogens with zero attached hydrogens (tertiary/aromatic N) is 1. The minimum absolute atomic E-state index is 0.160. The number of carbonyl (C=O) groups excluding carboxylic acids is 3. The average molecular weight is 385 g/mol. The summed E-state index contributed by atoms with van der Waals surface area (Å²) in [5, 5.41) is 0. The minimum Gasteiger partial charge on any atom is -0.465 e. The van der Waals surface area contributed by atoms with Crippen LogP contribution in [0.4, 0.5) is 0 Å². The second kappa shape index (κ2) is 7.02. The van der Waals surface area contributed by atoms with Gasteiger partial charge in [0.25, 0.3) is 0 Å². The van der Waals surface area contributed by atoms with Crippen LogP contribution < -0.4 is 0 Å². The molecule has 0 radical (unpaired) electrons. The van der Waals surface area contributed by atoms with Crippen LogP contribution in [0.3, 0.4) is 0 Å². The number of aromatic nitrogens is 1. The van der Waals surface area contributed by atoms with Crippen molar-refractivity contribution in [1.82, 2.24) is 4.57 Å². The van der Waals surface area contributed by atoms with Gasteiger partial charge in [-0.3, -0.25) is 9.59 Å². The van der Waals surface area contributed by atoms with Crippen molar-refractivity contribution in [2.45, 2.75) is 13.8 Å². The predicted octanol–water partition coefficient (Wildman–Crippen LogP) is 4.34. The van der Waals surface area contributed by atoms with E-state index in [2.05, 4.69) is 0 Å². The van der Waals surface area contributed by atoms with Crippen molar-refractivity contribution in [3.63, 3.8) is 0 Å². The van der Waals surface area contributed by atoms with Gasteiger partial charge in [-0.25, -0.2) is 4.79 Å². The van der Waals surface area contributed by atoms with Crippen molar-refractivity contribution in [1.29, 1.82) is 0 Å². The molecule has 3 aromatic rings. The molecular weight excluding hydrogens is 366 g/mol. The average Bonchev–Trinajstić information content (AvgIpc) is 3.15. The summed E-state index contributed by atoms with van der Waals surface area (Å²) < 4.78 is 6.83. The molecule has 0 atom stereocenters. The van der Waals surface area contributed by atoms with Gasteiger partial charge in [0.1, 0.15) is 0 Å². The highest BCUT2D eigenvalue weighted by Crippen LogP contribution is 2.30. The third kappa shape index (κ3) is 2.91. The molecule has 1 heterocycles. The predicted molar refractivity (Wildman–Crippen MR) is 110 cm³/mol. The van der Waals surface area contributed by atoms with Crippen LogP contribution in [-0.4, -0.2) is 29.2 Å². The fourth-order valence-electron chi connectivity index (χ4n) is 3.81. The highest BCUT2D eigenvalue weighted by molar-refractivity contribution is 6.41. The lowest BCUT2D eigenvalue weighted by atomic mass is 10.1. The van der Waals surface area contributed by atoms with E-state index in [4.69, 9.17) is 4.74 Å². The molecule has 2 aromatic carbocycles. The van der Waals surface area contributed by atoms with Gasteiger partial charge >= 0.3 is 5.97 Å². The molecule has 4 rings (SSSR count). The van der Waals surface area contributed by atoms with Gasteiger partial charge in [-0.05, 0) is 43.7 Å². The maximum absolute atomic E-state index is 12.7. The number of methoxy groups -OCH3 is 1. The monoisotopic (exact) mass is 385 g/mol. The summed E-state index contributed by atoms with van der Waals surface area (Å²) in [6.45, 7) is 3.81. The number of ketones is 2. The molecule has 5 heteroatoms. The quantitative estimate of drug-likeness (QED) is 0.382. The molecule has 0 fully saturated rings. The van der Waals surface area contributed by atoms with Gasteiger partial charge in [-0.1, -0.05) is 36.4 Å². The van der Waals surface area contributed by atoms with Gasteiger partial charge in [0, 0.05) is 22.5 Å². The molecule has 144 valence electrons. The first-order chi connectivity index (χ1) is 13.9. The smallest absolute Gasteiger partial charge is 0.339 e. The van der Waals surface area contributed by atoms with Crippen molar-refractivity contribution in [2.75, 3.05) is 7.11 Å². The van der Waals surface area contributed by atoms with Gasteiger partial charge in [-0.2, -0.15) is 0 Å². The number of fused-ring (bicyclic) bond motifs is 1. The highest BCUT2D eigenvalue weighted by atomic mass is 16.5. The van der Waals surface area contributed by atoms with Crippen LogP contribution in [0.15, 0.2) is 60.2 Å². The number of aryl methyl sites for hydroxylation is 1. The standard InChI is InChI=1S/C24H19NO4/c1-14-12-16(13-20-22(26)17-8-4-5-9-18(17)23(20)27)15(2)25(14)21-11-7-6-10-19(21)24(28)29-3/h4-13H,1-3H3. The summed E-state index contributed by atoms with van der Waals surface area (Å²) in [5.41, 5.74) is 4.62. The summed E-state index contributed by atoms with van der Waals surface area (Å²) in [6.07, 6.45) is 1.64. The maximum atomic E-state index is 12.7. The number of Topliss-reactive ketones (excluding diaryl/α,β-unsaturated/α-hetero) is 2. The van der Waals surface area contributed by atoms with E-state index in [-0.39, 0.29) is 17.1 Å². The molecule has 0 spiro atoms. The number of para-hydroxylation sites is 1. The lowest BCUT2D eigenvalue weighted by molar-refractivity contribution is 0.0600. The topological polar surface area (TPSA) is 65.4 Å². The maximum Gasteiger partial charge on any atom is 0.339 e. The van der Waals surface area contributed by atoms with E-state index in [1.54, 1.807) is 42.5 Å². The number of rotatable bonds is 3. The fraction of sp³-hybridized carbons (Fsp3) is 0.125. The Morgan fingerprint density at radius 3 is 2.14 bits per heavy atom. The zero-order chi connectivity index (χ0) is 20.7. The lowest BCUT2D eigenvalue weighted by Gasteiger charge is -2.13. The van der Waals surface area contributed by atoms with Crippen LogP contribution in [0.5, 0.6) is 0 Å². The Balaban J connectivity index is 1.83. The summed E-state index contributed by atoms with van der Waals surface area (Å²) >= 11 is 0. The third-order valence-corrected chi connectivity index (χ3v) is 5.23. The SMILES string of the molecule is COC(=O)c1ccccc1-n1c(C)cc(C=C2C(=O)c3ccccc3C2=O)c1C. The molecule has 0 aliphatic heterocycles. The third-order valence-electron chi connectivity index (χ3n) is 5.23. The first-order valence-electron chi connectivity index (χ1n) is 9.20. The second-order valence-corrected chi connectivity index (χ2v) is 6.93. The van der Waals surface area contributed by atoms with Crippen molar-refractivity contribution >= 4 is 23.6 Å². The van der Waals surface area contributed by atoms with Crippen LogP contribution in [-0.2, 0) is 4.74 Å². The summed E-state index contributed by atoms with van der Waals surface area (Å²) in [4.78, 5) is 37.6. The molecule has 1 aromatic heterocycles. The number of hydrogen-bond acceptors (Lipinski definition) is 4. The number of hydrogen-bond donors (Lipinski definition) is 0. The Morgan fingerprint density at radius 1 is 0.931 bits per heavy atom. The van der Waals surface area contributed by atoms with Crippen LogP contribution in [0.1, 0.15) is 48.0 Å². The highest BCUT2D eigenvalue weighted by Gasteiger charge is 2.32. The molecule has 5 nitrogen and oxygen atoms in total. The summed E-state index contributed by atoms with van der Waals surface area (Å²) in [6, 6.07) is 15.9. The van der Waals surface area contributed by atoms with E-state index >= 15 is 0 Å². The fourth-order valence-corrected chi connectivity index (χ4v) is 3.81.